The van der Waals surface area contributed by atoms with Crippen molar-refractivity contribution in [1.29, 1.82) is 5.26 Å². The molecule has 0 saturated carbocycles. The SMILES string of the molecule is COc1ccc(CNc2cc(C#N)ccc2C)c(OC)c1. The highest BCUT2D eigenvalue weighted by Crippen LogP contribution is 2.26. The molecule has 0 spiro atoms. The quantitative estimate of drug-likeness (QED) is 0.912. The van der Waals surface area contributed by atoms with Gasteiger partial charge in [0.25, 0.3) is 0 Å². The van der Waals surface area contributed by atoms with Crippen LogP contribution in [0.1, 0.15) is 16.7 Å². The molecule has 1 N–H and O–H groups in total. The molecule has 2 aromatic rings. The Morgan fingerprint density at radius 1 is 1.10 bits per heavy atom. The Kier molecular flexibility index (Phi) is 4.68. The number of benzene rings is 2. The molecule has 4 nitrogen and oxygen atoms in total. The number of hydrogen-bond donors (Lipinski definition) is 1. The van der Waals surface area contributed by atoms with E-state index in [1.807, 2.05) is 43.3 Å². The van der Waals surface area contributed by atoms with Crippen molar-refractivity contribution in [1.82, 2.24) is 0 Å². The Hall–Kier alpha value is -2.67. The van der Waals surface area contributed by atoms with Gasteiger partial charge < -0.3 is 14.8 Å². The molecule has 0 aliphatic carbocycles. The monoisotopic (exact) mass is 282 g/mol. The van der Waals surface area contributed by atoms with Gasteiger partial charge in [0.15, 0.2) is 0 Å². The molecule has 108 valence electrons. The minimum absolute atomic E-state index is 0.614. The van der Waals surface area contributed by atoms with E-state index in [0.717, 1.165) is 28.3 Å². The summed E-state index contributed by atoms with van der Waals surface area (Å²) < 4.78 is 10.6. The summed E-state index contributed by atoms with van der Waals surface area (Å²) in [6.45, 7) is 2.62. The highest BCUT2D eigenvalue weighted by atomic mass is 16.5. The Bertz CT molecular complexity index is 675. The molecule has 2 rings (SSSR count). The van der Waals surface area contributed by atoms with Gasteiger partial charge in [-0.25, -0.2) is 0 Å². The molecule has 0 aliphatic rings. The molecule has 21 heavy (non-hydrogen) atoms. The zero-order chi connectivity index (χ0) is 15.2. The summed E-state index contributed by atoms with van der Waals surface area (Å²) in [5.41, 5.74) is 3.72. The fourth-order valence-corrected chi connectivity index (χ4v) is 2.07. The molecule has 0 fully saturated rings. The lowest BCUT2D eigenvalue weighted by Crippen LogP contribution is -2.03. The van der Waals surface area contributed by atoms with Crippen LogP contribution in [0.25, 0.3) is 0 Å². The maximum Gasteiger partial charge on any atom is 0.127 e. The molecular formula is C17H18N2O2. The normalized spacial score (nSPS) is 9.81. The van der Waals surface area contributed by atoms with Crippen molar-refractivity contribution < 1.29 is 9.47 Å². The van der Waals surface area contributed by atoms with Gasteiger partial charge in [-0.3, -0.25) is 0 Å². The summed E-state index contributed by atoms with van der Waals surface area (Å²) in [6, 6.07) is 13.5. The van der Waals surface area contributed by atoms with Gasteiger partial charge >= 0.3 is 0 Å². The van der Waals surface area contributed by atoms with Crippen LogP contribution >= 0.6 is 0 Å². The van der Waals surface area contributed by atoms with Crippen LogP contribution in [-0.4, -0.2) is 14.2 Å². The van der Waals surface area contributed by atoms with Crippen LogP contribution in [0.4, 0.5) is 5.69 Å². The first kappa shape index (κ1) is 14.7. The number of nitriles is 1. The number of rotatable bonds is 5. The summed E-state index contributed by atoms with van der Waals surface area (Å²) in [6.07, 6.45) is 0. The molecule has 0 atom stereocenters. The van der Waals surface area contributed by atoms with Gasteiger partial charge in [-0.2, -0.15) is 5.26 Å². The first-order valence-electron chi connectivity index (χ1n) is 6.63. The zero-order valence-corrected chi connectivity index (χ0v) is 12.4. The smallest absolute Gasteiger partial charge is 0.127 e. The van der Waals surface area contributed by atoms with E-state index in [9.17, 15) is 0 Å². The van der Waals surface area contributed by atoms with E-state index < -0.39 is 0 Å². The number of hydrogen-bond acceptors (Lipinski definition) is 4. The second kappa shape index (κ2) is 6.67. The third-order valence-corrected chi connectivity index (χ3v) is 3.33. The molecule has 0 radical (unpaired) electrons. The lowest BCUT2D eigenvalue weighted by molar-refractivity contribution is 0.391. The number of nitrogens with one attached hydrogen (secondary N) is 1. The Balaban J connectivity index is 2.18. The third kappa shape index (κ3) is 3.46. The van der Waals surface area contributed by atoms with E-state index in [2.05, 4.69) is 11.4 Å². The molecule has 0 unspecified atom stereocenters. The topological polar surface area (TPSA) is 54.3 Å². The van der Waals surface area contributed by atoms with E-state index in [4.69, 9.17) is 14.7 Å². The second-order valence-electron chi connectivity index (χ2n) is 4.67. The number of aryl methyl sites for hydroxylation is 1. The van der Waals surface area contributed by atoms with E-state index in [1.165, 1.54) is 0 Å². The van der Waals surface area contributed by atoms with E-state index in [0.29, 0.717) is 12.1 Å². The van der Waals surface area contributed by atoms with Crippen LogP contribution in [0.15, 0.2) is 36.4 Å². The van der Waals surface area contributed by atoms with Crippen LogP contribution in [0.3, 0.4) is 0 Å². The Labute approximate surface area is 124 Å². The predicted octanol–water partition coefficient (Wildman–Crippen LogP) is 3.50. The average molecular weight is 282 g/mol. The predicted molar refractivity (Wildman–Crippen MR) is 82.8 cm³/mol. The summed E-state index contributed by atoms with van der Waals surface area (Å²) >= 11 is 0. The minimum atomic E-state index is 0.614. The number of methoxy groups -OCH3 is 2. The van der Waals surface area contributed by atoms with Crippen LogP contribution < -0.4 is 14.8 Å². The van der Waals surface area contributed by atoms with Crippen LogP contribution in [0, 0.1) is 18.3 Å². The molecular weight excluding hydrogens is 264 g/mol. The van der Waals surface area contributed by atoms with Gasteiger partial charge in [0, 0.05) is 23.9 Å². The fraction of sp³-hybridized carbons (Fsp3) is 0.235. The summed E-state index contributed by atoms with van der Waals surface area (Å²) in [4.78, 5) is 0. The van der Waals surface area contributed by atoms with E-state index >= 15 is 0 Å². The van der Waals surface area contributed by atoms with Crippen LogP contribution in [0.2, 0.25) is 0 Å². The zero-order valence-electron chi connectivity index (χ0n) is 12.4. The maximum atomic E-state index is 8.97. The number of nitrogens with zero attached hydrogens (tertiary/aromatic N) is 1. The molecule has 0 amide bonds. The number of anilines is 1. The molecule has 0 saturated heterocycles. The van der Waals surface area contributed by atoms with Crippen LogP contribution in [0.5, 0.6) is 11.5 Å². The third-order valence-electron chi connectivity index (χ3n) is 3.33. The molecule has 0 heterocycles. The lowest BCUT2D eigenvalue weighted by atomic mass is 10.1. The van der Waals surface area contributed by atoms with Gasteiger partial charge in [-0.1, -0.05) is 6.07 Å². The molecule has 2 aromatic carbocycles. The van der Waals surface area contributed by atoms with Crippen molar-refractivity contribution in [3.05, 3.63) is 53.1 Å². The van der Waals surface area contributed by atoms with Crippen molar-refractivity contribution in [2.45, 2.75) is 13.5 Å². The average Bonchev–Trinajstić information content (AvgIpc) is 2.54. The Morgan fingerprint density at radius 3 is 2.57 bits per heavy atom. The van der Waals surface area contributed by atoms with Gasteiger partial charge in [0.05, 0.1) is 25.9 Å². The van der Waals surface area contributed by atoms with E-state index in [1.54, 1.807) is 14.2 Å². The Morgan fingerprint density at radius 2 is 1.90 bits per heavy atom. The van der Waals surface area contributed by atoms with Crippen LogP contribution in [-0.2, 0) is 6.54 Å². The van der Waals surface area contributed by atoms with Gasteiger partial charge in [-0.05, 0) is 36.8 Å². The standard InChI is InChI=1S/C17H18N2O2/c1-12-4-5-13(10-18)8-16(12)19-11-14-6-7-15(20-2)9-17(14)21-3/h4-9,19H,11H2,1-3H3. The fourth-order valence-electron chi connectivity index (χ4n) is 2.07. The summed E-state index contributed by atoms with van der Waals surface area (Å²) in [5, 5.41) is 12.3. The first-order valence-corrected chi connectivity index (χ1v) is 6.63. The minimum Gasteiger partial charge on any atom is -0.497 e. The van der Waals surface area contributed by atoms with E-state index in [-0.39, 0.29) is 0 Å². The van der Waals surface area contributed by atoms with Gasteiger partial charge in [0.2, 0.25) is 0 Å². The van der Waals surface area contributed by atoms with Crippen molar-refractivity contribution >= 4 is 5.69 Å². The van der Waals surface area contributed by atoms with Gasteiger partial charge in [0.1, 0.15) is 11.5 Å². The second-order valence-corrected chi connectivity index (χ2v) is 4.67. The largest absolute Gasteiger partial charge is 0.497 e. The van der Waals surface area contributed by atoms with Crippen molar-refractivity contribution in [2.75, 3.05) is 19.5 Å². The van der Waals surface area contributed by atoms with Crippen molar-refractivity contribution in [2.24, 2.45) is 0 Å². The van der Waals surface area contributed by atoms with Gasteiger partial charge in [-0.15, -0.1) is 0 Å². The molecule has 0 aliphatic heterocycles. The molecule has 0 bridgehead atoms. The van der Waals surface area contributed by atoms with Crippen molar-refractivity contribution in [3.63, 3.8) is 0 Å². The maximum absolute atomic E-state index is 8.97. The summed E-state index contributed by atoms with van der Waals surface area (Å²) in [5.74, 6) is 1.54. The highest BCUT2D eigenvalue weighted by molar-refractivity contribution is 5.56. The van der Waals surface area contributed by atoms with Crippen molar-refractivity contribution in [3.8, 4) is 17.6 Å². The lowest BCUT2D eigenvalue weighted by Gasteiger charge is -2.13. The highest BCUT2D eigenvalue weighted by Gasteiger charge is 2.06. The summed E-state index contributed by atoms with van der Waals surface area (Å²) in [7, 11) is 3.27. The molecule has 4 heteroatoms. The first-order chi connectivity index (χ1) is 10.2. The molecule has 0 aromatic heterocycles. The number of ether oxygens (including phenoxy) is 2.